The summed E-state index contributed by atoms with van der Waals surface area (Å²) in [5, 5.41) is 3.30. The SMILES string of the molecule is O=C1N(c2ccc(F)cc2)CCC2CNCCN12. The molecular weight excluding hydrogens is 233 g/mol. The maximum absolute atomic E-state index is 12.9. The molecule has 2 aliphatic heterocycles. The van der Waals surface area contributed by atoms with E-state index in [-0.39, 0.29) is 11.8 Å². The van der Waals surface area contributed by atoms with Crippen molar-refractivity contribution in [1.29, 1.82) is 0 Å². The van der Waals surface area contributed by atoms with E-state index in [0.717, 1.165) is 31.7 Å². The molecule has 3 rings (SSSR count). The number of anilines is 1. The van der Waals surface area contributed by atoms with Crippen molar-refractivity contribution in [2.75, 3.05) is 31.1 Å². The molecule has 96 valence electrons. The topological polar surface area (TPSA) is 35.6 Å². The largest absolute Gasteiger partial charge is 0.324 e. The van der Waals surface area contributed by atoms with Crippen molar-refractivity contribution in [2.24, 2.45) is 0 Å². The lowest BCUT2D eigenvalue weighted by Crippen LogP contribution is -2.61. The molecule has 0 bridgehead atoms. The highest BCUT2D eigenvalue weighted by atomic mass is 19.1. The first-order valence-electron chi connectivity index (χ1n) is 6.30. The van der Waals surface area contributed by atoms with E-state index in [9.17, 15) is 9.18 Å². The summed E-state index contributed by atoms with van der Waals surface area (Å²) < 4.78 is 12.9. The summed E-state index contributed by atoms with van der Waals surface area (Å²) in [6.07, 6.45) is 0.954. The number of carbonyl (C=O) groups is 1. The standard InChI is InChI=1S/C13H16FN3O/c14-10-1-3-11(4-2-10)16-7-5-12-9-15-6-8-17(12)13(16)18/h1-4,12,15H,5-9H2. The summed E-state index contributed by atoms with van der Waals surface area (Å²) in [7, 11) is 0. The predicted molar refractivity (Wildman–Crippen MR) is 67.1 cm³/mol. The van der Waals surface area contributed by atoms with Crippen molar-refractivity contribution in [2.45, 2.75) is 12.5 Å². The number of carbonyl (C=O) groups excluding carboxylic acids is 1. The molecule has 1 atom stereocenters. The van der Waals surface area contributed by atoms with Crippen LogP contribution in [0.3, 0.4) is 0 Å². The van der Waals surface area contributed by atoms with Crippen molar-refractivity contribution in [1.82, 2.24) is 10.2 Å². The van der Waals surface area contributed by atoms with Gasteiger partial charge in [-0.2, -0.15) is 0 Å². The van der Waals surface area contributed by atoms with Gasteiger partial charge >= 0.3 is 6.03 Å². The van der Waals surface area contributed by atoms with E-state index in [1.807, 2.05) is 4.90 Å². The predicted octanol–water partition coefficient (Wildman–Crippen LogP) is 1.43. The van der Waals surface area contributed by atoms with Gasteiger partial charge < -0.3 is 10.2 Å². The monoisotopic (exact) mass is 249 g/mol. The van der Waals surface area contributed by atoms with Crippen LogP contribution in [0.1, 0.15) is 6.42 Å². The van der Waals surface area contributed by atoms with E-state index in [1.54, 1.807) is 17.0 Å². The van der Waals surface area contributed by atoms with E-state index < -0.39 is 0 Å². The molecule has 18 heavy (non-hydrogen) atoms. The number of piperazine rings is 1. The highest BCUT2D eigenvalue weighted by Crippen LogP contribution is 2.24. The Balaban J connectivity index is 1.81. The van der Waals surface area contributed by atoms with E-state index in [0.29, 0.717) is 12.6 Å². The summed E-state index contributed by atoms with van der Waals surface area (Å²) >= 11 is 0. The Hall–Kier alpha value is -1.62. The average molecular weight is 249 g/mol. The van der Waals surface area contributed by atoms with Crippen LogP contribution in [0.4, 0.5) is 14.9 Å². The Labute approximate surface area is 105 Å². The van der Waals surface area contributed by atoms with Crippen LogP contribution in [-0.2, 0) is 0 Å². The molecule has 0 aromatic heterocycles. The second-order valence-electron chi connectivity index (χ2n) is 4.75. The van der Waals surface area contributed by atoms with Crippen LogP contribution < -0.4 is 10.2 Å². The molecule has 1 aromatic carbocycles. The first-order chi connectivity index (χ1) is 8.75. The summed E-state index contributed by atoms with van der Waals surface area (Å²) in [5.74, 6) is -0.275. The molecule has 0 aliphatic carbocycles. The molecule has 5 heteroatoms. The van der Waals surface area contributed by atoms with Gasteiger partial charge in [0.05, 0.1) is 0 Å². The lowest BCUT2D eigenvalue weighted by Gasteiger charge is -2.44. The molecule has 2 heterocycles. The summed E-state index contributed by atoms with van der Waals surface area (Å²) in [5.41, 5.74) is 0.776. The van der Waals surface area contributed by atoms with Gasteiger partial charge in [0.1, 0.15) is 5.82 Å². The molecule has 4 nitrogen and oxygen atoms in total. The number of rotatable bonds is 1. The first-order valence-corrected chi connectivity index (χ1v) is 6.30. The molecule has 2 aliphatic rings. The molecule has 2 saturated heterocycles. The maximum atomic E-state index is 12.9. The van der Waals surface area contributed by atoms with Gasteiger partial charge in [0.15, 0.2) is 0 Å². The average Bonchev–Trinajstić information content (AvgIpc) is 2.41. The number of nitrogens with zero attached hydrogens (tertiary/aromatic N) is 2. The quantitative estimate of drug-likeness (QED) is 0.817. The van der Waals surface area contributed by atoms with Crippen LogP contribution in [0.5, 0.6) is 0 Å². The minimum Gasteiger partial charge on any atom is -0.319 e. The molecular formula is C13H16FN3O. The molecule has 1 unspecified atom stereocenters. The van der Waals surface area contributed by atoms with Gasteiger partial charge in [0.25, 0.3) is 0 Å². The number of hydrogen-bond acceptors (Lipinski definition) is 2. The fourth-order valence-electron chi connectivity index (χ4n) is 2.66. The van der Waals surface area contributed by atoms with E-state index in [1.165, 1.54) is 12.1 Å². The van der Waals surface area contributed by atoms with Crippen molar-refractivity contribution in [3.63, 3.8) is 0 Å². The molecule has 2 fully saturated rings. The van der Waals surface area contributed by atoms with E-state index in [4.69, 9.17) is 0 Å². The van der Waals surface area contributed by atoms with Crippen LogP contribution in [0.25, 0.3) is 0 Å². The highest BCUT2D eigenvalue weighted by molar-refractivity contribution is 5.93. The van der Waals surface area contributed by atoms with Gasteiger partial charge in [-0.25, -0.2) is 9.18 Å². The Morgan fingerprint density at radius 3 is 2.78 bits per heavy atom. The Bertz CT molecular complexity index is 448. The van der Waals surface area contributed by atoms with Crippen LogP contribution in [0.15, 0.2) is 24.3 Å². The molecule has 0 spiro atoms. The van der Waals surface area contributed by atoms with E-state index >= 15 is 0 Å². The number of urea groups is 1. The molecule has 1 aromatic rings. The third-order valence-electron chi connectivity index (χ3n) is 3.65. The van der Waals surface area contributed by atoms with Crippen LogP contribution in [0.2, 0.25) is 0 Å². The Morgan fingerprint density at radius 2 is 2.00 bits per heavy atom. The maximum Gasteiger partial charge on any atom is 0.324 e. The zero-order valence-electron chi connectivity index (χ0n) is 10.1. The summed E-state index contributed by atoms with van der Waals surface area (Å²) in [6.45, 7) is 3.18. The second-order valence-corrected chi connectivity index (χ2v) is 4.75. The van der Waals surface area contributed by atoms with Gasteiger partial charge in [-0.05, 0) is 30.7 Å². The minimum atomic E-state index is -0.275. The Kier molecular flexibility index (Phi) is 2.91. The minimum absolute atomic E-state index is 0.0411. The van der Waals surface area contributed by atoms with Crippen LogP contribution in [0, 0.1) is 5.82 Å². The Morgan fingerprint density at radius 1 is 1.22 bits per heavy atom. The number of fused-ring (bicyclic) bond motifs is 1. The van der Waals surface area contributed by atoms with Crippen LogP contribution >= 0.6 is 0 Å². The van der Waals surface area contributed by atoms with Crippen LogP contribution in [-0.4, -0.2) is 43.2 Å². The second kappa shape index (κ2) is 4.57. The smallest absolute Gasteiger partial charge is 0.319 e. The van der Waals surface area contributed by atoms with Crippen molar-refractivity contribution in [3.05, 3.63) is 30.1 Å². The first kappa shape index (κ1) is 11.5. The number of benzene rings is 1. The molecule has 1 N–H and O–H groups in total. The number of amides is 2. The van der Waals surface area contributed by atoms with Gasteiger partial charge in [-0.3, -0.25) is 4.90 Å². The normalized spacial score (nSPS) is 24.1. The lowest BCUT2D eigenvalue weighted by molar-refractivity contribution is 0.147. The molecule has 0 saturated carbocycles. The summed E-state index contributed by atoms with van der Waals surface area (Å²) in [4.78, 5) is 16.0. The zero-order chi connectivity index (χ0) is 12.5. The third kappa shape index (κ3) is 1.95. The molecule has 0 radical (unpaired) electrons. The fraction of sp³-hybridized carbons (Fsp3) is 0.462. The summed E-state index contributed by atoms with van der Waals surface area (Å²) in [6, 6.07) is 6.46. The number of halogens is 1. The van der Waals surface area contributed by atoms with Gasteiger partial charge in [-0.15, -0.1) is 0 Å². The number of hydrogen-bond donors (Lipinski definition) is 1. The van der Waals surface area contributed by atoms with Crippen molar-refractivity contribution >= 4 is 11.7 Å². The van der Waals surface area contributed by atoms with Gasteiger partial charge in [-0.1, -0.05) is 0 Å². The molecule has 2 amide bonds. The lowest BCUT2D eigenvalue weighted by atomic mass is 10.1. The van der Waals surface area contributed by atoms with E-state index in [2.05, 4.69) is 5.32 Å². The highest BCUT2D eigenvalue weighted by Gasteiger charge is 2.35. The van der Waals surface area contributed by atoms with Crippen molar-refractivity contribution in [3.8, 4) is 0 Å². The van der Waals surface area contributed by atoms with Gasteiger partial charge in [0, 0.05) is 37.9 Å². The zero-order valence-corrected chi connectivity index (χ0v) is 10.1. The van der Waals surface area contributed by atoms with Crippen molar-refractivity contribution < 1.29 is 9.18 Å². The third-order valence-corrected chi connectivity index (χ3v) is 3.65. The number of nitrogens with one attached hydrogen (secondary N) is 1. The fourth-order valence-corrected chi connectivity index (χ4v) is 2.66. The van der Waals surface area contributed by atoms with Gasteiger partial charge in [0.2, 0.25) is 0 Å².